The highest BCUT2D eigenvalue weighted by Gasteiger charge is 2.19. The number of hydrogen-bond donors (Lipinski definition) is 1. The van der Waals surface area contributed by atoms with Gasteiger partial charge in [-0.2, -0.15) is 0 Å². The fourth-order valence-corrected chi connectivity index (χ4v) is 2.83. The number of ether oxygens (including phenoxy) is 3. The van der Waals surface area contributed by atoms with Crippen LogP contribution in [0.3, 0.4) is 0 Å². The van der Waals surface area contributed by atoms with Gasteiger partial charge in [0.1, 0.15) is 17.6 Å². The summed E-state index contributed by atoms with van der Waals surface area (Å²) in [6.45, 7) is 8.21. The van der Waals surface area contributed by atoms with Crippen LogP contribution < -0.4 is 14.8 Å². The average molecular weight is 349 g/mol. The maximum atomic E-state index is 5.95. The van der Waals surface area contributed by atoms with E-state index in [9.17, 15) is 0 Å². The molecule has 1 aromatic carbocycles. The molecule has 2 atom stereocenters. The molecule has 6 nitrogen and oxygen atoms in total. The Morgan fingerprint density at radius 1 is 1.44 bits per heavy atom. The number of hydrogen-bond acceptors (Lipinski definition) is 4. The molecule has 2 unspecified atom stereocenters. The molecule has 1 saturated heterocycles. The van der Waals surface area contributed by atoms with E-state index in [4.69, 9.17) is 19.2 Å². The summed E-state index contributed by atoms with van der Waals surface area (Å²) in [5.41, 5.74) is 0. The van der Waals surface area contributed by atoms with Crippen molar-refractivity contribution in [2.45, 2.75) is 26.4 Å². The Bertz CT molecular complexity index is 544. The molecule has 2 rings (SSSR count). The Morgan fingerprint density at radius 3 is 2.92 bits per heavy atom. The Morgan fingerprint density at radius 2 is 2.24 bits per heavy atom. The third kappa shape index (κ3) is 6.46. The van der Waals surface area contributed by atoms with Crippen LogP contribution in [-0.4, -0.2) is 64.0 Å². The minimum atomic E-state index is -0.0241. The summed E-state index contributed by atoms with van der Waals surface area (Å²) in [7, 11) is 3.73. The zero-order valence-electron chi connectivity index (χ0n) is 15.8. The molecule has 1 aromatic rings. The second-order valence-corrected chi connectivity index (χ2v) is 6.41. The molecule has 0 aliphatic carbocycles. The van der Waals surface area contributed by atoms with E-state index in [-0.39, 0.29) is 6.10 Å². The first-order valence-electron chi connectivity index (χ1n) is 9.00. The third-order valence-corrected chi connectivity index (χ3v) is 4.13. The molecule has 6 heteroatoms. The summed E-state index contributed by atoms with van der Waals surface area (Å²) < 4.78 is 16.6. The van der Waals surface area contributed by atoms with Gasteiger partial charge >= 0.3 is 0 Å². The number of nitrogens with one attached hydrogen (secondary N) is 1. The largest absolute Gasteiger partial charge is 0.497 e. The van der Waals surface area contributed by atoms with Gasteiger partial charge in [0.15, 0.2) is 5.96 Å². The molecule has 1 fully saturated rings. The highest BCUT2D eigenvalue weighted by molar-refractivity contribution is 5.79. The molecule has 0 radical (unpaired) electrons. The summed E-state index contributed by atoms with van der Waals surface area (Å²) in [5.74, 6) is 3.08. The van der Waals surface area contributed by atoms with Crippen molar-refractivity contribution in [1.29, 1.82) is 0 Å². The number of benzene rings is 1. The van der Waals surface area contributed by atoms with Crippen molar-refractivity contribution in [2.75, 3.05) is 47.0 Å². The van der Waals surface area contributed by atoms with Crippen LogP contribution in [0.15, 0.2) is 29.3 Å². The van der Waals surface area contributed by atoms with Crippen LogP contribution in [0.2, 0.25) is 0 Å². The Labute approximate surface area is 151 Å². The van der Waals surface area contributed by atoms with E-state index in [0.717, 1.165) is 50.2 Å². The van der Waals surface area contributed by atoms with Gasteiger partial charge in [-0.15, -0.1) is 0 Å². The monoisotopic (exact) mass is 349 g/mol. The standard InChI is InChI=1S/C19H31N3O3/c1-5-20-19(22(3)13-16-9-10-24-14-16)21-12-15(2)25-18-8-6-7-17(11-18)23-4/h6-8,11,15-16H,5,9-10,12-14H2,1-4H3,(H,20,21). The molecule has 0 amide bonds. The molecule has 25 heavy (non-hydrogen) atoms. The second-order valence-electron chi connectivity index (χ2n) is 6.41. The van der Waals surface area contributed by atoms with Gasteiger partial charge in [-0.3, -0.25) is 0 Å². The number of guanidine groups is 1. The van der Waals surface area contributed by atoms with E-state index in [2.05, 4.69) is 24.2 Å². The van der Waals surface area contributed by atoms with E-state index in [1.54, 1.807) is 7.11 Å². The van der Waals surface area contributed by atoms with Crippen molar-refractivity contribution in [2.24, 2.45) is 10.9 Å². The van der Waals surface area contributed by atoms with Crippen molar-refractivity contribution in [1.82, 2.24) is 10.2 Å². The van der Waals surface area contributed by atoms with Crippen molar-refractivity contribution in [3.8, 4) is 11.5 Å². The SMILES string of the molecule is CCNC(=NCC(C)Oc1cccc(OC)c1)N(C)CC1CCOC1. The van der Waals surface area contributed by atoms with Gasteiger partial charge < -0.3 is 24.4 Å². The number of nitrogens with zero attached hydrogens (tertiary/aromatic N) is 2. The van der Waals surface area contributed by atoms with Crippen LogP contribution in [0.4, 0.5) is 0 Å². The molecule has 0 aromatic heterocycles. The zero-order chi connectivity index (χ0) is 18.1. The number of methoxy groups -OCH3 is 1. The maximum Gasteiger partial charge on any atom is 0.193 e. The van der Waals surface area contributed by atoms with E-state index >= 15 is 0 Å². The second kappa shape index (κ2) is 10.1. The van der Waals surface area contributed by atoms with E-state index < -0.39 is 0 Å². The van der Waals surface area contributed by atoms with Gasteiger partial charge in [-0.05, 0) is 32.4 Å². The van der Waals surface area contributed by atoms with Crippen LogP contribution in [0.25, 0.3) is 0 Å². The predicted octanol–water partition coefficient (Wildman–Crippen LogP) is 2.40. The van der Waals surface area contributed by atoms with Crippen molar-refractivity contribution in [3.05, 3.63) is 24.3 Å². The third-order valence-electron chi connectivity index (χ3n) is 4.13. The van der Waals surface area contributed by atoms with Gasteiger partial charge in [0.05, 0.1) is 20.3 Å². The lowest BCUT2D eigenvalue weighted by molar-refractivity contribution is 0.181. The molecule has 0 spiro atoms. The predicted molar refractivity (Wildman–Crippen MR) is 101 cm³/mol. The fourth-order valence-electron chi connectivity index (χ4n) is 2.83. The molecular formula is C19H31N3O3. The smallest absolute Gasteiger partial charge is 0.193 e. The van der Waals surface area contributed by atoms with Crippen molar-refractivity contribution < 1.29 is 14.2 Å². The molecule has 1 aliphatic heterocycles. The summed E-state index contributed by atoms with van der Waals surface area (Å²) >= 11 is 0. The Hall–Kier alpha value is -1.95. The van der Waals surface area contributed by atoms with E-state index in [1.165, 1.54) is 0 Å². The first kappa shape index (κ1) is 19.4. The summed E-state index contributed by atoms with van der Waals surface area (Å²) in [6.07, 6.45) is 1.10. The molecule has 1 heterocycles. The molecule has 1 aliphatic rings. The summed E-state index contributed by atoms with van der Waals surface area (Å²) in [5, 5.41) is 3.35. The number of aliphatic imine (C=N–C) groups is 1. The molecule has 0 saturated carbocycles. The fraction of sp³-hybridized carbons (Fsp3) is 0.632. The van der Waals surface area contributed by atoms with Crippen LogP contribution in [-0.2, 0) is 4.74 Å². The Kier molecular flexibility index (Phi) is 7.85. The maximum absolute atomic E-state index is 5.95. The molecule has 0 bridgehead atoms. The molecule has 140 valence electrons. The van der Waals surface area contributed by atoms with Crippen LogP contribution in [0.1, 0.15) is 20.3 Å². The van der Waals surface area contributed by atoms with Gasteiger partial charge in [-0.1, -0.05) is 6.07 Å². The van der Waals surface area contributed by atoms with Crippen LogP contribution in [0.5, 0.6) is 11.5 Å². The van der Waals surface area contributed by atoms with Crippen LogP contribution in [0, 0.1) is 5.92 Å². The minimum Gasteiger partial charge on any atom is -0.497 e. The quantitative estimate of drug-likeness (QED) is 0.577. The first-order valence-corrected chi connectivity index (χ1v) is 9.00. The van der Waals surface area contributed by atoms with E-state index in [0.29, 0.717) is 12.5 Å². The summed E-state index contributed by atoms with van der Waals surface area (Å²) in [6, 6.07) is 7.64. The van der Waals surface area contributed by atoms with Crippen molar-refractivity contribution >= 4 is 5.96 Å². The van der Waals surface area contributed by atoms with Crippen LogP contribution >= 0.6 is 0 Å². The minimum absolute atomic E-state index is 0.0241. The lowest BCUT2D eigenvalue weighted by atomic mass is 10.1. The van der Waals surface area contributed by atoms with Gasteiger partial charge in [0.2, 0.25) is 0 Å². The van der Waals surface area contributed by atoms with Gasteiger partial charge in [0.25, 0.3) is 0 Å². The first-order chi connectivity index (χ1) is 12.1. The highest BCUT2D eigenvalue weighted by Crippen LogP contribution is 2.20. The lowest BCUT2D eigenvalue weighted by Crippen LogP contribution is -2.42. The lowest BCUT2D eigenvalue weighted by Gasteiger charge is -2.25. The van der Waals surface area contributed by atoms with E-state index in [1.807, 2.05) is 31.2 Å². The summed E-state index contributed by atoms with van der Waals surface area (Å²) in [4.78, 5) is 6.91. The average Bonchev–Trinajstić information content (AvgIpc) is 3.11. The highest BCUT2D eigenvalue weighted by atomic mass is 16.5. The molecular weight excluding hydrogens is 318 g/mol. The molecule has 1 N–H and O–H groups in total. The van der Waals surface area contributed by atoms with Gasteiger partial charge in [0, 0.05) is 38.7 Å². The van der Waals surface area contributed by atoms with Crippen molar-refractivity contribution in [3.63, 3.8) is 0 Å². The normalized spacial score (nSPS) is 18.7. The topological polar surface area (TPSA) is 55.3 Å². The Balaban J connectivity index is 1.89. The number of rotatable bonds is 8. The van der Waals surface area contributed by atoms with Gasteiger partial charge in [-0.25, -0.2) is 4.99 Å². The zero-order valence-corrected chi connectivity index (χ0v) is 15.8.